The Labute approximate surface area is 127 Å². The fourth-order valence-electron chi connectivity index (χ4n) is 2.48. The molecule has 0 saturated heterocycles. The van der Waals surface area contributed by atoms with E-state index < -0.39 is 0 Å². The molecule has 21 heavy (non-hydrogen) atoms. The zero-order chi connectivity index (χ0) is 14.8. The first-order chi connectivity index (χ1) is 10.2. The van der Waals surface area contributed by atoms with Crippen LogP contribution in [-0.2, 0) is 0 Å². The molecule has 0 bridgehead atoms. The first kappa shape index (κ1) is 13.9. The Morgan fingerprint density at radius 2 is 1.86 bits per heavy atom. The highest BCUT2D eigenvalue weighted by Gasteiger charge is 2.34. The van der Waals surface area contributed by atoms with Gasteiger partial charge in [0.2, 0.25) is 0 Å². The summed E-state index contributed by atoms with van der Waals surface area (Å²) in [5.41, 5.74) is 0.993. The monoisotopic (exact) mass is 301 g/mol. The Hall–Kier alpha value is -2.08. The van der Waals surface area contributed by atoms with E-state index in [4.69, 9.17) is 0 Å². The van der Waals surface area contributed by atoms with Crippen molar-refractivity contribution >= 4 is 24.4 Å². The molecule has 2 amide bonds. The molecule has 108 valence electrons. The van der Waals surface area contributed by atoms with Crippen molar-refractivity contribution in [3.05, 3.63) is 53.6 Å². The van der Waals surface area contributed by atoms with Gasteiger partial charge in [-0.25, -0.2) is 4.98 Å². The number of imide groups is 1. The average Bonchev–Trinajstić information content (AvgIpc) is 3.11. The Bertz CT molecular complexity index is 634. The van der Waals surface area contributed by atoms with E-state index in [-0.39, 0.29) is 17.1 Å². The maximum Gasteiger partial charge on any atom is 0.261 e. The van der Waals surface area contributed by atoms with Gasteiger partial charge in [0.1, 0.15) is 5.82 Å². The van der Waals surface area contributed by atoms with Crippen LogP contribution >= 0.6 is 12.6 Å². The van der Waals surface area contributed by atoms with Crippen molar-refractivity contribution in [2.45, 2.75) is 18.1 Å². The summed E-state index contributed by atoms with van der Waals surface area (Å²) < 4.78 is 0. The molecule has 3 rings (SSSR count). The third kappa shape index (κ3) is 2.58. The second-order valence-electron chi connectivity index (χ2n) is 4.94. The van der Waals surface area contributed by atoms with E-state index in [1.165, 1.54) is 4.90 Å². The number of aromatic amines is 1. The lowest BCUT2D eigenvalue weighted by atomic mass is 10.1. The topological polar surface area (TPSA) is 66.1 Å². The van der Waals surface area contributed by atoms with E-state index >= 15 is 0 Å². The molecule has 1 aliphatic rings. The van der Waals surface area contributed by atoms with E-state index in [2.05, 4.69) is 22.6 Å². The number of aromatic nitrogens is 2. The summed E-state index contributed by atoms with van der Waals surface area (Å²) in [6, 6.07) is 6.93. The fraction of sp³-hybridized carbons (Fsp3) is 0.267. The van der Waals surface area contributed by atoms with Gasteiger partial charge in [0.25, 0.3) is 11.8 Å². The molecule has 6 heteroatoms. The smallest absolute Gasteiger partial charge is 0.261 e. The number of carbonyl (C=O) groups excluding carboxylic acids is 2. The van der Waals surface area contributed by atoms with Crippen LogP contribution in [0.5, 0.6) is 0 Å². The summed E-state index contributed by atoms with van der Waals surface area (Å²) in [6.45, 7) is 0.407. The Balaban J connectivity index is 1.60. The number of benzene rings is 1. The van der Waals surface area contributed by atoms with Gasteiger partial charge in [-0.1, -0.05) is 12.1 Å². The van der Waals surface area contributed by atoms with Crippen LogP contribution in [-0.4, -0.2) is 33.2 Å². The minimum atomic E-state index is -0.204. The SMILES string of the molecule is O=C1c2ccccc2C(=O)N1CCCC(S)c1ncc[nH]1. The van der Waals surface area contributed by atoms with Crippen molar-refractivity contribution in [1.29, 1.82) is 0 Å². The lowest BCUT2D eigenvalue weighted by Crippen LogP contribution is -2.30. The third-order valence-corrected chi connectivity index (χ3v) is 4.08. The van der Waals surface area contributed by atoms with Crippen molar-refractivity contribution in [3.8, 4) is 0 Å². The van der Waals surface area contributed by atoms with Gasteiger partial charge >= 0.3 is 0 Å². The summed E-state index contributed by atoms with van der Waals surface area (Å²) in [7, 11) is 0. The minimum absolute atomic E-state index is 0.0183. The maximum absolute atomic E-state index is 12.2. The highest BCUT2D eigenvalue weighted by Crippen LogP contribution is 2.25. The summed E-state index contributed by atoms with van der Waals surface area (Å²) in [5, 5.41) is -0.0183. The van der Waals surface area contributed by atoms with Crippen LogP contribution in [0.25, 0.3) is 0 Å². The van der Waals surface area contributed by atoms with Gasteiger partial charge in [-0.3, -0.25) is 14.5 Å². The molecule has 5 nitrogen and oxygen atoms in total. The second kappa shape index (κ2) is 5.73. The van der Waals surface area contributed by atoms with Crippen LogP contribution in [0.1, 0.15) is 44.6 Å². The van der Waals surface area contributed by atoms with Crippen LogP contribution in [0, 0.1) is 0 Å². The average molecular weight is 301 g/mol. The van der Waals surface area contributed by atoms with E-state index in [0.717, 1.165) is 12.2 Å². The van der Waals surface area contributed by atoms with Crippen molar-refractivity contribution in [1.82, 2.24) is 14.9 Å². The Morgan fingerprint density at radius 3 is 2.43 bits per heavy atom. The van der Waals surface area contributed by atoms with Gasteiger partial charge in [-0.05, 0) is 25.0 Å². The van der Waals surface area contributed by atoms with Crippen LogP contribution < -0.4 is 0 Å². The second-order valence-corrected chi connectivity index (χ2v) is 5.56. The zero-order valence-electron chi connectivity index (χ0n) is 11.3. The van der Waals surface area contributed by atoms with Gasteiger partial charge in [-0.15, -0.1) is 0 Å². The molecule has 0 spiro atoms. The first-order valence-electron chi connectivity index (χ1n) is 6.81. The molecule has 1 aromatic carbocycles. The van der Waals surface area contributed by atoms with Crippen molar-refractivity contribution in [2.24, 2.45) is 0 Å². The predicted octanol–water partition coefficient (Wildman–Crippen LogP) is 2.46. The molecular formula is C15H15N3O2S. The van der Waals surface area contributed by atoms with Gasteiger partial charge in [0.05, 0.1) is 16.4 Å². The number of thiol groups is 1. The van der Waals surface area contributed by atoms with Gasteiger partial charge in [0, 0.05) is 18.9 Å². The summed E-state index contributed by atoms with van der Waals surface area (Å²) in [6.07, 6.45) is 4.87. The Kier molecular flexibility index (Phi) is 3.79. The molecule has 1 aliphatic heterocycles. The number of fused-ring (bicyclic) bond motifs is 1. The number of hydrogen-bond donors (Lipinski definition) is 2. The van der Waals surface area contributed by atoms with Gasteiger partial charge in [-0.2, -0.15) is 12.6 Å². The fourth-order valence-corrected chi connectivity index (χ4v) is 2.81. The number of imidazole rings is 1. The first-order valence-corrected chi connectivity index (χ1v) is 7.32. The number of carbonyl (C=O) groups is 2. The molecule has 0 saturated carbocycles. The predicted molar refractivity (Wildman–Crippen MR) is 81.4 cm³/mol. The Morgan fingerprint density at radius 1 is 1.19 bits per heavy atom. The normalized spacial score (nSPS) is 15.4. The van der Waals surface area contributed by atoms with Gasteiger partial charge in [0.15, 0.2) is 0 Å². The number of H-pyrrole nitrogens is 1. The number of amides is 2. The molecule has 2 heterocycles. The lowest BCUT2D eigenvalue weighted by Gasteiger charge is -2.14. The number of nitrogens with zero attached hydrogens (tertiary/aromatic N) is 2. The highest BCUT2D eigenvalue weighted by atomic mass is 32.1. The molecular weight excluding hydrogens is 286 g/mol. The maximum atomic E-state index is 12.2. The molecule has 0 fully saturated rings. The van der Waals surface area contributed by atoms with Crippen molar-refractivity contribution in [2.75, 3.05) is 6.54 Å². The molecule has 2 aromatic rings. The lowest BCUT2D eigenvalue weighted by molar-refractivity contribution is 0.0651. The molecule has 1 N–H and O–H groups in total. The van der Waals surface area contributed by atoms with E-state index in [1.54, 1.807) is 36.7 Å². The molecule has 1 unspecified atom stereocenters. The van der Waals surface area contributed by atoms with Crippen LogP contribution in [0.4, 0.5) is 0 Å². The summed E-state index contributed by atoms with van der Waals surface area (Å²) in [5.74, 6) is 0.398. The van der Waals surface area contributed by atoms with Crippen LogP contribution in [0.15, 0.2) is 36.7 Å². The molecule has 0 aliphatic carbocycles. The van der Waals surface area contributed by atoms with Gasteiger partial charge < -0.3 is 4.98 Å². The highest BCUT2D eigenvalue weighted by molar-refractivity contribution is 7.80. The van der Waals surface area contributed by atoms with Crippen LogP contribution in [0.2, 0.25) is 0 Å². The third-order valence-electron chi connectivity index (χ3n) is 3.57. The van der Waals surface area contributed by atoms with E-state index in [1.807, 2.05) is 0 Å². The van der Waals surface area contributed by atoms with E-state index in [9.17, 15) is 9.59 Å². The molecule has 0 radical (unpaired) electrons. The summed E-state index contributed by atoms with van der Waals surface area (Å²) >= 11 is 4.47. The number of nitrogens with one attached hydrogen (secondary N) is 1. The minimum Gasteiger partial charge on any atom is -0.348 e. The van der Waals surface area contributed by atoms with Crippen molar-refractivity contribution in [3.63, 3.8) is 0 Å². The van der Waals surface area contributed by atoms with Crippen LogP contribution in [0.3, 0.4) is 0 Å². The van der Waals surface area contributed by atoms with E-state index in [0.29, 0.717) is 24.1 Å². The summed E-state index contributed by atoms with van der Waals surface area (Å²) in [4.78, 5) is 32.8. The largest absolute Gasteiger partial charge is 0.348 e. The number of rotatable bonds is 5. The molecule has 1 aromatic heterocycles. The molecule has 1 atom stereocenters. The van der Waals surface area contributed by atoms with Crippen molar-refractivity contribution < 1.29 is 9.59 Å². The number of hydrogen-bond acceptors (Lipinski definition) is 4. The quantitative estimate of drug-likeness (QED) is 0.658. The standard InChI is InChI=1S/C15H15N3O2S/c19-14-10-4-1-2-5-11(10)15(20)18(14)9-3-6-12(21)13-16-7-8-17-13/h1-2,4-5,7-8,12,21H,3,6,9H2,(H,16,17). The zero-order valence-corrected chi connectivity index (χ0v) is 12.2.